The Kier molecular flexibility index (Phi) is 6.84. The van der Waals surface area contributed by atoms with E-state index in [0.717, 1.165) is 17.7 Å². The molecule has 1 N–H and O–H groups in total. The second-order valence-corrected chi connectivity index (χ2v) is 7.39. The van der Waals surface area contributed by atoms with Crippen molar-refractivity contribution >= 4 is 17.7 Å². The maximum Gasteiger partial charge on any atom is 0.416 e. The molecule has 2 aromatic carbocycles. The van der Waals surface area contributed by atoms with Gasteiger partial charge in [-0.3, -0.25) is 0 Å². The van der Waals surface area contributed by atoms with Gasteiger partial charge in [-0.15, -0.1) is 0 Å². The smallest absolute Gasteiger partial charge is 0.416 e. The van der Waals surface area contributed by atoms with Gasteiger partial charge in [-0.1, -0.05) is 36.0 Å². The number of methoxy groups -OCH3 is 1. The highest BCUT2D eigenvalue weighted by molar-refractivity contribution is 7.98. The molecular weight excluding hydrogens is 417 g/mol. The standard InChI is InChI=1S/C21H19F3N2O3S/c1-29-19(28)16-7-5-14(6-8-16)13-30-20-25-10-18(12-27)26(20)11-15-3-2-4-17(9-15)21(22,23)24/h2-10,27H,11-13H2,1H3. The summed E-state index contributed by atoms with van der Waals surface area (Å²) in [6, 6.07) is 12.0. The molecule has 1 aromatic heterocycles. The number of aliphatic hydroxyl groups is 1. The first-order valence-electron chi connectivity index (χ1n) is 8.93. The molecule has 158 valence electrons. The van der Waals surface area contributed by atoms with Crippen molar-refractivity contribution in [1.82, 2.24) is 9.55 Å². The monoisotopic (exact) mass is 436 g/mol. The molecular formula is C21H19F3N2O3S. The Morgan fingerprint density at radius 3 is 2.53 bits per heavy atom. The molecule has 3 rings (SSSR count). The molecule has 9 heteroatoms. The number of nitrogens with zero attached hydrogens (tertiary/aromatic N) is 2. The summed E-state index contributed by atoms with van der Waals surface area (Å²) >= 11 is 1.39. The third-order valence-corrected chi connectivity index (χ3v) is 5.46. The Morgan fingerprint density at radius 1 is 1.17 bits per heavy atom. The Balaban J connectivity index is 1.76. The van der Waals surface area contributed by atoms with Crippen molar-refractivity contribution in [3.63, 3.8) is 0 Å². The first-order chi connectivity index (χ1) is 14.3. The van der Waals surface area contributed by atoms with Crippen LogP contribution in [0.3, 0.4) is 0 Å². The summed E-state index contributed by atoms with van der Waals surface area (Å²) < 4.78 is 45.3. The zero-order chi connectivity index (χ0) is 21.7. The van der Waals surface area contributed by atoms with E-state index in [4.69, 9.17) is 0 Å². The number of thioether (sulfide) groups is 1. The van der Waals surface area contributed by atoms with E-state index >= 15 is 0 Å². The fourth-order valence-electron chi connectivity index (χ4n) is 2.83. The fraction of sp³-hybridized carbons (Fsp3) is 0.238. The molecule has 30 heavy (non-hydrogen) atoms. The zero-order valence-electron chi connectivity index (χ0n) is 16.0. The van der Waals surface area contributed by atoms with Crippen LogP contribution in [0, 0.1) is 0 Å². The number of imidazole rings is 1. The minimum atomic E-state index is -4.42. The lowest BCUT2D eigenvalue weighted by Gasteiger charge is -2.13. The highest BCUT2D eigenvalue weighted by atomic mass is 32.2. The van der Waals surface area contributed by atoms with Crippen LogP contribution in [0.4, 0.5) is 13.2 Å². The number of carbonyl (C=O) groups excluding carboxylic acids is 1. The van der Waals surface area contributed by atoms with Crippen molar-refractivity contribution in [1.29, 1.82) is 0 Å². The number of halogens is 3. The van der Waals surface area contributed by atoms with Crippen LogP contribution in [0.15, 0.2) is 59.9 Å². The zero-order valence-corrected chi connectivity index (χ0v) is 16.8. The predicted octanol–water partition coefficient (Wildman–Crippen LogP) is 4.52. The molecule has 0 atom stereocenters. The van der Waals surface area contributed by atoms with Crippen LogP contribution in [-0.2, 0) is 29.8 Å². The number of ether oxygens (including phenoxy) is 1. The number of benzene rings is 2. The van der Waals surface area contributed by atoms with Crippen molar-refractivity contribution in [2.75, 3.05) is 7.11 Å². The lowest BCUT2D eigenvalue weighted by Crippen LogP contribution is -2.09. The second kappa shape index (κ2) is 9.36. The molecule has 0 radical (unpaired) electrons. The Hall–Kier alpha value is -2.78. The molecule has 0 fully saturated rings. The van der Waals surface area contributed by atoms with Gasteiger partial charge in [0.1, 0.15) is 0 Å². The van der Waals surface area contributed by atoms with Gasteiger partial charge < -0.3 is 14.4 Å². The highest BCUT2D eigenvalue weighted by Gasteiger charge is 2.30. The number of hydrogen-bond acceptors (Lipinski definition) is 5. The van der Waals surface area contributed by atoms with E-state index < -0.39 is 17.7 Å². The van der Waals surface area contributed by atoms with Crippen molar-refractivity contribution in [2.24, 2.45) is 0 Å². The molecule has 0 amide bonds. The van der Waals surface area contributed by atoms with Gasteiger partial charge in [-0.2, -0.15) is 13.2 Å². The van der Waals surface area contributed by atoms with Crippen LogP contribution >= 0.6 is 11.8 Å². The molecule has 1 heterocycles. The highest BCUT2D eigenvalue weighted by Crippen LogP contribution is 2.30. The lowest BCUT2D eigenvalue weighted by molar-refractivity contribution is -0.137. The summed E-state index contributed by atoms with van der Waals surface area (Å²) in [5, 5.41) is 10.2. The molecule has 0 spiro atoms. The molecule has 0 saturated heterocycles. The number of hydrogen-bond donors (Lipinski definition) is 1. The number of carbonyl (C=O) groups is 1. The molecule has 0 aliphatic rings. The second-order valence-electron chi connectivity index (χ2n) is 6.45. The topological polar surface area (TPSA) is 64.3 Å². The summed E-state index contributed by atoms with van der Waals surface area (Å²) in [7, 11) is 1.31. The van der Waals surface area contributed by atoms with Crippen LogP contribution in [0.5, 0.6) is 0 Å². The Labute approximate surface area is 175 Å². The van der Waals surface area contributed by atoms with Gasteiger partial charge in [0.25, 0.3) is 0 Å². The maximum atomic E-state index is 13.0. The van der Waals surface area contributed by atoms with Crippen molar-refractivity contribution in [3.05, 3.63) is 82.7 Å². The number of aliphatic hydroxyl groups excluding tert-OH is 1. The SMILES string of the molecule is COC(=O)c1ccc(CSc2ncc(CO)n2Cc2cccc(C(F)(F)F)c2)cc1. The predicted molar refractivity (Wildman–Crippen MR) is 106 cm³/mol. The van der Waals surface area contributed by atoms with Crippen molar-refractivity contribution in [2.45, 2.75) is 30.2 Å². The van der Waals surface area contributed by atoms with E-state index in [2.05, 4.69) is 9.72 Å². The lowest BCUT2D eigenvalue weighted by atomic mass is 10.1. The van der Waals surface area contributed by atoms with Crippen LogP contribution in [0.1, 0.15) is 32.7 Å². The summed E-state index contributed by atoms with van der Waals surface area (Å²) in [6.07, 6.45) is -2.91. The summed E-state index contributed by atoms with van der Waals surface area (Å²) in [4.78, 5) is 15.8. The summed E-state index contributed by atoms with van der Waals surface area (Å²) in [5.41, 5.74) is 1.63. The molecule has 5 nitrogen and oxygen atoms in total. The van der Waals surface area contributed by atoms with Gasteiger partial charge in [0, 0.05) is 12.3 Å². The van der Waals surface area contributed by atoms with Crippen molar-refractivity contribution in [3.8, 4) is 0 Å². The first-order valence-corrected chi connectivity index (χ1v) is 9.92. The number of esters is 1. The van der Waals surface area contributed by atoms with Crippen LogP contribution in [0.2, 0.25) is 0 Å². The molecule has 0 saturated carbocycles. The molecule has 3 aromatic rings. The van der Waals surface area contributed by atoms with Gasteiger partial charge in [-0.05, 0) is 35.4 Å². The third kappa shape index (κ3) is 5.22. The quantitative estimate of drug-likeness (QED) is 0.436. The van der Waals surface area contributed by atoms with Gasteiger partial charge in [0.15, 0.2) is 5.16 Å². The van der Waals surface area contributed by atoms with Crippen LogP contribution in [-0.4, -0.2) is 27.7 Å². The van der Waals surface area contributed by atoms with E-state index in [1.807, 2.05) is 0 Å². The van der Waals surface area contributed by atoms with Crippen LogP contribution < -0.4 is 0 Å². The first kappa shape index (κ1) is 21.9. The summed E-state index contributed by atoms with van der Waals surface area (Å²) in [5.74, 6) is 0.116. The molecule has 0 aliphatic carbocycles. The number of rotatable bonds is 7. The number of aromatic nitrogens is 2. The van der Waals surface area contributed by atoms with Crippen molar-refractivity contribution < 1.29 is 27.8 Å². The van der Waals surface area contributed by atoms with Gasteiger partial charge in [0.2, 0.25) is 0 Å². The van der Waals surface area contributed by atoms with E-state index in [0.29, 0.717) is 27.7 Å². The van der Waals surface area contributed by atoms with Gasteiger partial charge in [-0.25, -0.2) is 9.78 Å². The van der Waals surface area contributed by atoms with E-state index in [1.165, 1.54) is 31.1 Å². The fourth-order valence-corrected chi connectivity index (χ4v) is 3.79. The molecule has 0 bridgehead atoms. The van der Waals surface area contributed by atoms with E-state index in [9.17, 15) is 23.1 Å². The average Bonchev–Trinajstić information content (AvgIpc) is 3.13. The average molecular weight is 436 g/mol. The minimum Gasteiger partial charge on any atom is -0.465 e. The third-order valence-electron chi connectivity index (χ3n) is 4.40. The maximum absolute atomic E-state index is 13.0. The normalized spacial score (nSPS) is 11.5. The Morgan fingerprint density at radius 2 is 1.90 bits per heavy atom. The minimum absolute atomic E-state index is 0.156. The van der Waals surface area contributed by atoms with Crippen LogP contribution in [0.25, 0.3) is 0 Å². The number of alkyl halides is 3. The largest absolute Gasteiger partial charge is 0.465 e. The molecule has 0 unspecified atom stereocenters. The van der Waals surface area contributed by atoms with Gasteiger partial charge >= 0.3 is 12.1 Å². The van der Waals surface area contributed by atoms with E-state index in [-0.39, 0.29) is 13.2 Å². The molecule has 0 aliphatic heterocycles. The van der Waals surface area contributed by atoms with Gasteiger partial charge in [0.05, 0.1) is 36.7 Å². The Bertz CT molecular complexity index is 1020. The van der Waals surface area contributed by atoms with E-state index in [1.54, 1.807) is 34.9 Å². The summed E-state index contributed by atoms with van der Waals surface area (Å²) in [6.45, 7) is -0.121.